The monoisotopic (exact) mass is 396 g/mol. The van der Waals surface area contributed by atoms with Crippen LogP contribution in [0.2, 0.25) is 0 Å². The molecule has 0 spiro atoms. The van der Waals surface area contributed by atoms with E-state index in [0.717, 1.165) is 60.4 Å². The van der Waals surface area contributed by atoms with Crippen molar-refractivity contribution in [1.29, 1.82) is 0 Å². The van der Waals surface area contributed by atoms with E-state index in [1.54, 1.807) is 4.68 Å². The van der Waals surface area contributed by atoms with E-state index in [1.165, 1.54) is 6.07 Å². The molecule has 0 unspecified atom stereocenters. The van der Waals surface area contributed by atoms with E-state index >= 15 is 0 Å². The first-order chi connectivity index (χ1) is 14.1. The molecule has 0 saturated heterocycles. The smallest absolute Gasteiger partial charge is 0.276 e. The molecule has 5 nitrogen and oxygen atoms in total. The van der Waals surface area contributed by atoms with Crippen molar-refractivity contribution in [3.8, 4) is 5.69 Å². The summed E-state index contributed by atoms with van der Waals surface area (Å²) in [6.45, 7) is 3.50. The molecule has 1 aliphatic carbocycles. The molecule has 2 N–H and O–H groups in total. The molecule has 29 heavy (non-hydrogen) atoms. The number of amides is 1. The average Bonchev–Trinajstić information content (AvgIpc) is 3.32. The summed E-state index contributed by atoms with van der Waals surface area (Å²) < 4.78 is 28.6. The van der Waals surface area contributed by atoms with E-state index in [9.17, 15) is 13.6 Å². The van der Waals surface area contributed by atoms with Crippen molar-refractivity contribution in [3.05, 3.63) is 76.6 Å². The molecule has 4 rings (SSSR count). The molecule has 0 saturated carbocycles. The summed E-state index contributed by atoms with van der Waals surface area (Å²) >= 11 is 0. The first-order valence-electron chi connectivity index (χ1n) is 9.74. The van der Waals surface area contributed by atoms with Crippen LogP contribution in [-0.4, -0.2) is 22.2 Å². The van der Waals surface area contributed by atoms with Gasteiger partial charge in [0.2, 0.25) is 0 Å². The van der Waals surface area contributed by atoms with Gasteiger partial charge in [-0.1, -0.05) is 25.1 Å². The molecule has 150 valence electrons. The maximum Gasteiger partial charge on any atom is 0.276 e. The molecule has 7 heteroatoms. The maximum absolute atomic E-state index is 13.7. The fourth-order valence-electron chi connectivity index (χ4n) is 3.69. The molecule has 0 bridgehead atoms. The molecule has 1 aromatic heterocycles. The second kappa shape index (κ2) is 8.13. The van der Waals surface area contributed by atoms with Gasteiger partial charge >= 0.3 is 0 Å². The minimum absolute atomic E-state index is 0.298. The molecule has 1 aliphatic rings. The number of hydrogen-bond donors (Lipinski definition) is 2. The third-order valence-electron chi connectivity index (χ3n) is 5.12. The summed E-state index contributed by atoms with van der Waals surface area (Å²) in [6.07, 6.45) is 2.38. The van der Waals surface area contributed by atoms with Crippen LogP contribution >= 0.6 is 0 Å². The zero-order valence-electron chi connectivity index (χ0n) is 16.1. The Morgan fingerprint density at radius 1 is 1.14 bits per heavy atom. The number of rotatable bonds is 6. The van der Waals surface area contributed by atoms with Crippen molar-refractivity contribution in [3.63, 3.8) is 0 Å². The lowest BCUT2D eigenvalue weighted by molar-refractivity contribution is 0.102. The molecule has 3 aromatic rings. The minimum atomic E-state index is -0.937. The van der Waals surface area contributed by atoms with Crippen LogP contribution in [0.1, 0.15) is 40.7 Å². The van der Waals surface area contributed by atoms with Crippen molar-refractivity contribution < 1.29 is 13.6 Å². The second-order valence-electron chi connectivity index (χ2n) is 7.03. The number of carbonyl (C=O) groups is 1. The van der Waals surface area contributed by atoms with E-state index in [1.807, 2.05) is 31.2 Å². The normalized spacial score (nSPS) is 12.8. The molecular weight excluding hydrogens is 374 g/mol. The highest BCUT2D eigenvalue weighted by Gasteiger charge is 2.27. The van der Waals surface area contributed by atoms with Crippen molar-refractivity contribution in [2.75, 3.05) is 11.9 Å². The van der Waals surface area contributed by atoms with Gasteiger partial charge in [0.05, 0.1) is 5.69 Å². The quantitative estimate of drug-likeness (QED) is 0.662. The summed E-state index contributed by atoms with van der Waals surface area (Å²) in [4.78, 5) is 13.0. The Balaban J connectivity index is 1.66. The van der Waals surface area contributed by atoms with Gasteiger partial charge in [0.25, 0.3) is 5.91 Å². The van der Waals surface area contributed by atoms with Crippen LogP contribution in [0.15, 0.2) is 42.5 Å². The minimum Gasteiger partial charge on any atom is -0.320 e. The van der Waals surface area contributed by atoms with Crippen LogP contribution < -0.4 is 10.6 Å². The van der Waals surface area contributed by atoms with Crippen molar-refractivity contribution in [1.82, 2.24) is 15.1 Å². The summed E-state index contributed by atoms with van der Waals surface area (Å²) in [5.41, 5.74) is 4.21. The van der Waals surface area contributed by atoms with Gasteiger partial charge in [0.15, 0.2) is 17.3 Å². The topological polar surface area (TPSA) is 58.9 Å². The van der Waals surface area contributed by atoms with Crippen molar-refractivity contribution >= 4 is 11.6 Å². The van der Waals surface area contributed by atoms with Gasteiger partial charge in [-0.15, -0.1) is 0 Å². The van der Waals surface area contributed by atoms with Crippen LogP contribution in [0.3, 0.4) is 0 Å². The molecule has 0 atom stereocenters. The Bertz CT molecular complexity index is 1060. The third-order valence-corrected chi connectivity index (χ3v) is 5.12. The average molecular weight is 396 g/mol. The Labute approximate surface area is 167 Å². The van der Waals surface area contributed by atoms with Crippen LogP contribution in [0.4, 0.5) is 14.5 Å². The van der Waals surface area contributed by atoms with Crippen LogP contribution in [0.5, 0.6) is 0 Å². The van der Waals surface area contributed by atoms with Gasteiger partial charge in [0, 0.05) is 29.6 Å². The number of para-hydroxylation sites is 1. The van der Waals surface area contributed by atoms with Crippen LogP contribution in [-0.2, 0) is 19.4 Å². The number of hydrogen-bond acceptors (Lipinski definition) is 3. The molecule has 2 aromatic carbocycles. The Morgan fingerprint density at radius 2 is 1.97 bits per heavy atom. The van der Waals surface area contributed by atoms with Crippen molar-refractivity contribution in [2.24, 2.45) is 0 Å². The van der Waals surface area contributed by atoms with E-state index in [2.05, 4.69) is 15.7 Å². The lowest BCUT2D eigenvalue weighted by atomic mass is 10.1. The standard InChI is InChI=1S/C22H22F2N4O/c1-2-25-13-14-6-3-4-8-19(14)26-22(29)21-16-7-5-9-20(16)28(27-21)15-10-11-17(23)18(24)12-15/h3-4,6,8,10-12,25H,2,5,7,9,13H2,1H3,(H,26,29). The second-order valence-corrected chi connectivity index (χ2v) is 7.03. The number of anilines is 1. The highest BCUT2D eigenvalue weighted by molar-refractivity contribution is 6.04. The number of fused-ring (bicyclic) bond motifs is 1. The van der Waals surface area contributed by atoms with E-state index in [-0.39, 0.29) is 5.91 Å². The van der Waals surface area contributed by atoms with E-state index < -0.39 is 11.6 Å². The third kappa shape index (κ3) is 3.78. The number of carbonyl (C=O) groups excluding carboxylic acids is 1. The fourth-order valence-corrected chi connectivity index (χ4v) is 3.69. The molecule has 0 aliphatic heterocycles. The van der Waals surface area contributed by atoms with Gasteiger partial charge in [-0.2, -0.15) is 5.10 Å². The molecule has 1 heterocycles. The van der Waals surface area contributed by atoms with Crippen LogP contribution in [0, 0.1) is 11.6 Å². The zero-order chi connectivity index (χ0) is 20.4. The molecule has 0 radical (unpaired) electrons. The summed E-state index contributed by atoms with van der Waals surface area (Å²) in [5, 5.41) is 10.7. The first kappa shape index (κ1) is 19.3. The highest BCUT2D eigenvalue weighted by Crippen LogP contribution is 2.29. The summed E-state index contributed by atoms with van der Waals surface area (Å²) in [5.74, 6) is -2.14. The molecule has 1 amide bonds. The number of halogens is 2. The highest BCUT2D eigenvalue weighted by atomic mass is 19.2. The van der Waals surface area contributed by atoms with Gasteiger partial charge in [-0.05, 0) is 49.6 Å². The Kier molecular flexibility index (Phi) is 5.40. The number of nitrogens with one attached hydrogen (secondary N) is 2. The number of nitrogens with zero attached hydrogens (tertiary/aromatic N) is 2. The molecular formula is C22H22F2N4O. The zero-order valence-corrected chi connectivity index (χ0v) is 16.1. The Morgan fingerprint density at radius 3 is 2.76 bits per heavy atom. The summed E-state index contributed by atoms with van der Waals surface area (Å²) in [6, 6.07) is 11.3. The van der Waals surface area contributed by atoms with Gasteiger partial charge in [-0.3, -0.25) is 4.79 Å². The predicted octanol–water partition coefficient (Wildman–Crippen LogP) is 4.00. The number of aromatic nitrogens is 2. The first-order valence-corrected chi connectivity index (χ1v) is 9.74. The predicted molar refractivity (Wildman–Crippen MR) is 107 cm³/mol. The van der Waals surface area contributed by atoms with Crippen molar-refractivity contribution in [2.45, 2.75) is 32.7 Å². The van der Waals surface area contributed by atoms with Gasteiger partial charge in [0.1, 0.15) is 0 Å². The van der Waals surface area contributed by atoms with E-state index in [4.69, 9.17) is 0 Å². The maximum atomic E-state index is 13.7. The summed E-state index contributed by atoms with van der Waals surface area (Å²) in [7, 11) is 0. The Hall–Kier alpha value is -3.06. The lowest BCUT2D eigenvalue weighted by Crippen LogP contribution is -2.18. The SMILES string of the molecule is CCNCc1ccccc1NC(=O)c1nn(-c2ccc(F)c(F)c2)c2c1CCC2. The van der Waals surface area contributed by atoms with E-state index in [0.29, 0.717) is 17.9 Å². The van der Waals surface area contributed by atoms with Crippen LogP contribution in [0.25, 0.3) is 5.69 Å². The molecule has 0 fully saturated rings. The fraction of sp³-hybridized carbons (Fsp3) is 0.273. The number of benzene rings is 2. The lowest BCUT2D eigenvalue weighted by Gasteiger charge is -2.11. The largest absolute Gasteiger partial charge is 0.320 e. The van der Waals surface area contributed by atoms with Gasteiger partial charge in [-0.25, -0.2) is 13.5 Å². The van der Waals surface area contributed by atoms with Gasteiger partial charge < -0.3 is 10.6 Å².